The zero-order valence-corrected chi connectivity index (χ0v) is 12.7. The smallest absolute Gasteiger partial charge is 0.221 e. The molecule has 1 aromatic heterocycles. The van der Waals surface area contributed by atoms with Crippen molar-refractivity contribution in [3.63, 3.8) is 0 Å². The molecule has 0 saturated carbocycles. The molecule has 1 aliphatic heterocycles. The SMILES string of the molecule is O=C(CC1CSCCN1)NCc1cccc2cccnc12. The van der Waals surface area contributed by atoms with Crippen molar-refractivity contribution in [1.29, 1.82) is 0 Å². The number of aromatic nitrogens is 1. The first-order valence-electron chi connectivity index (χ1n) is 7.23. The Morgan fingerprint density at radius 3 is 3.14 bits per heavy atom. The standard InChI is InChI=1S/C16H19N3OS/c20-15(9-14-11-21-8-7-17-14)19-10-13-4-1-3-12-5-2-6-18-16(12)13/h1-6,14,17H,7-11H2,(H,19,20). The molecule has 5 heteroatoms. The number of para-hydroxylation sites is 1. The third-order valence-corrected chi connectivity index (χ3v) is 4.75. The molecule has 4 nitrogen and oxygen atoms in total. The van der Waals surface area contributed by atoms with E-state index in [9.17, 15) is 4.79 Å². The molecule has 1 atom stereocenters. The Hall–Kier alpha value is -1.59. The van der Waals surface area contributed by atoms with Crippen molar-refractivity contribution < 1.29 is 4.79 Å². The quantitative estimate of drug-likeness (QED) is 0.906. The zero-order valence-electron chi connectivity index (χ0n) is 11.8. The zero-order chi connectivity index (χ0) is 14.5. The van der Waals surface area contributed by atoms with Crippen LogP contribution in [0.15, 0.2) is 36.5 Å². The minimum atomic E-state index is 0.0999. The molecule has 2 N–H and O–H groups in total. The highest BCUT2D eigenvalue weighted by Crippen LogP contribution is 2.16. The van der Waals surface area contributed by atoms with Gasteiger partial charge in [-0.3, -0.25) is 9.78 Å². The van der Waals surface area contributed by atoms with Crippen molar-refractivity contribution >= 4 is 28.6 Å². The van der Waals surface area contributed by atoms with E-state index in [-0.39, 0.29) is 5.91 Å². The Morgan fingerprint density at radius 2 is 2.29 bits per heavy atom. The van der Waals surface area contributed by atoms with Gasteiger partial charge in [0.1, 0.15) is 0 Å². The average molecular weight is 301 g/mol. The number of amides is 1. The van der Waals surface area contributed by atoms with Crippen molar-refractivity contribution in [3.05, 3.63) is 42.1 Å². The minimum absolute atomic E-state index is 0.0999. The number of carbonyl (C=O) groups excluding carboxylic acids is 1. The molecule has 0 spiro atoms. The number of thioether (sulfide) groups is 1. The van der Waals surface area contributed by atoms with Crippen LogP contribution in [-0.2, 0) is 11.3 Å². The van der Waals surface area contributed by atoms with Crippen molar-refractivity contribution in [3.8, 4) is 0 Å². The number of carbonyl (C=O) groups is 1. The number of benzene rings is 1. The Bertz CT molecular complexity index is 620. The van der Waals surface area contributed by atoms with Crippen LogP contribution >= 0.6 is 11.8 Å². The molecule has 21 heavy (non-hydrogen) atoms. The summed E-state index contributed by atoms with van der Waals surface area (Å²) in [6.45, 7) is 1.53. The van der Waals surface area contributed by atoms with E-state index >= 15 is 0 Å². The number of rotatable bonds is 4. The van der Waals surface area contributed by atoms with Gasteiger partial charge in [0.05, 0.1) is 5.52 Å². The summed E-state index contributed by atoms with van der Waals surface area (Å²) in [5.41, 5.74) is 2.03. The first-order chi connectivity index (χ1) is 10.3. The van der Waals surface area contributed by atoms with E-state index < -0.39 is 0 Å². The predicted octanol–water partition coefficient (Wildman–Crippen LogP) is 1.95. The number of hydrogen-bond donors (Lipinski definition) is 2. The van der Waals surface area contributed by atoms with Crippen LogP contribution in [-0.4, -0.2) is 35.0 Å². The summed E-state index contributed by atoms with van der Waals surface area (Å²) in [6, 6.07) is 10.3. The fourth-order valence-corrected chi connectivity index (χ4v) is 3.50. The summed E-state index contributed by atoms with van der Waals surface area (Å²) >= 11 is 1.91. The normalized spacial score (nSPS) is 18.6. The molecule has 1 saturated heterocycles. The number of nitrogens with zero attached hydrogens (tertiary/aromatic N) is 1. The van der Waals surface area contributed by atoms with E-state index in [1.54, 1.807) is 6.20 Å². The van der Waals surface area contributed by atoms with Gasteiger partial charge in [0.2, 0.25) is 5.91 Å². The summed E-state index contributed by atoms with van der Waals surface area (Å²) in [5, 5.41) is 7.50. The van der Waals surface area contributed by atoms with Crippen LogP contribution in [0.5, 0.6) is 0 Å². The molecule has 0 aliphatic carbocycles. The number of fused-ring (bicyclic) bond motifs is 1. The molecule has 0 bridgehead atoms. The number of hydrogen-bond acceptors (Lipinski definition) is 4. The lowest BCUT2D eigenvalue weighted by Gasteiger charge is -2.22. The summed E-state index contributed by atoms with van der Waals surface area (Å²) in [7, 11) is 0. The van der Waals surface area contributed by atoms with E-state index in [1.807, 2.05) is 42.1 Å². The van der Waals surface area contributed by atoms with E-state index in [0.717, 1.165) is 34.5 Å². The van der Waals surface area contributed by atoms with Crippen LogP contribution in [0.2, 0.25) is 0 Å². The second kappa shape index (κ2) is 6.91. The van der Waals surface area contributed by atoms with Gasteiger partial charge >= 0.3 is 0 Å². The Balaban J connectivity index is 1.59. The first kappa shape index (κ1) is 14.4. The molecule has 1 unspecified atom stereocenters. The molecular weight excluding hydrogens is 282 g/mol. The number of pyridine rings is 1. The van der Waals surface area contributed by atoms with E-state index in [0.29, 0.717) is 19.0 Å². The van der Waals surface area contributed by atoms with Gasteiger partial charge in [0, 0.05) is 48.6 Å². The molecule has 110 valence electrons. The fraction of sp³-hybridized carbons (Fsp3) is 0.375. The van der Waals surface area contributed by atoms with E-state index in [1.165, 1.54) is 0 Å². The maximum absolute atomic E-state index is 12.0. The van der Waals surface area contributed by atoms with Crippen molar-refractivity contribution in [1.82, 2.24) is 15.6 Å². The van der Waals surface area contributed by atoms with Crippen LogP contribution in [0.4, 0.5) is 0 Å². The lowest BCUT2D eigenvalue weighted by molar-refractivity contribution is -0.121. The summed E-state index contributed by atoms with van der Waals surface area (Å²) in [5.74, 6) is 2.26. The lowest BCUT2D eigenvalue weighted by atomic mass is 10.1. The maximum atomic E-state index is 12.0. The van der Waals surface area contributed by atoms with E-state index in [2.05, 4.69) is 15.6 Å². The highest BCUT2D eigenvalue weighted by Gasteiger charge is 2.16. The third-order valence-electron chi connectivity index (χ3n) is 3.62. The summed E-state index contributed by atoms with van der Waals surface area (Å²) in [6.07, 6.45) is 2.34. The van der Waals surface area contributed by atoms with Crippen LogP contribution in [0.25, 0.3) is 10.9 Å². The highest BCUT2D eigenvalue weighted by atomic mass is 32.2. The predicted molar refractivity (Wildman–Crippen MR) is 87.3 cm³/mol. The monoisotopic (exact) mass is 301 g/mol. The van der Waals surface area contributed by atoms with Crippen LogP contribution in [0, 0.1) is 0 Å². The molecule has 0 radical (unpaired) electrons. The van der Waals surface area contributed by atoms with Gasteiger partial charge in [-0.25, -0.2) is 0 Å². The Morgan fingerprint density at radius 1 is 1.38 bits per heavy atom. The molecule has 1 amide bonds. The van der Waals surface area contributed by atoms with Crippen LogP contribution in [0.3, 0.4) is 0 Å². The second-order valence-electron chi connectivity index (χ2n) is 5.20. The van der Waals surface area contributed by atoms with Crippen molar-refractivity contribution in [2.75, 3.05) is 18.1 Å². The van der Waals surface area contributed by atoms with Crippen LogP contribution in [0.1, 0.15) is 12.0 Å². The molecule has 1 fully saturated rings. The minimum Gasteiger partial charge on any atom is -0.352 e. The van der Waals surface area contributed by atoms with Gasteiger partial charge in [0.25, 0.3) is 0 Å². The average Bonchev–Trinajstić information content (AvgIpc) is 2.54. The molecule has 1 aliphatic rings. The largest absolute Gasteiger partial charge is 0.352 e. The van der Waals surface area contributed by atoms with Gasteiger partial charge in [-0.15, -0.1) is 0 Å². The Labute approximate surface area is 128 Å². The van der Waals surface area contributed by atoms with Gasteiger partial charge in [-0.05, 0) is 11.6 Å². The van der Waals surface area contributed by atoms with Gasteiger partial charge in [-0.2, -0.15) is 11.8 Å². The summed E-state index contributed by atoms with van der Waals surface area (Å²) in [4.78, 5) is 16.4. The Kier molecular flexibility index (Phi) is 4.72. The molecule has 1 aromatic carbocycles. The first-order valence-corrected chi connectivity index (χ1v) is 8.39. The fourth-order valence-electron chi connectivity index (χ4n) is 2.55. The highest BCUT2D eigenvalue weighted by molar-refractivity contribution is 7.99. The third kappa shape index (κ3) is 3.74. The van der Waals surface area contributed by atoms with Gasteiger partial charge in [-0.1, -0.05) is 24.3 Å². The lowest BCUT2D eigenvalue weighted by Crippen LogP contribution is -2.41. The van der Waals surface area contributed by atoms with Crippen LogP contribution < -0.4 is 10.6 Å². The van der Waals surface area contributed by atoms with Crippen molar-refractivity contribution in [2.24, 2.45) is 0 Å². The molecule has 3 rings (SSSR count). The van der Waals surface area contributed by atoms with E-state index in [4.69, 9.17) is 0 Å². The number of nitrogens with one attached hydrogen (secondary N) is 2. The molecule has 2 aromatic rings. The second-order valence-corrected chi connectivity index (χ2v) is 6.35. The summed E-state index contributed by atoms with van der Waals surface area (Å²) < 4.78 is 0. The maximum Gasteiger partial charge on any atom is 0.221 e. The molecular formula is C16H19N3OS. The van der Waals surface area contributed by atoms with Crippen molar-refractivity contribution in [2.45, 2.75) is 19.0 Å². The molecule has 2 heterocycles. The van der Waals surface area contributed by atoms with Gasteiger partial charge < -0.3 is 10.6 Å². The van der Waals surface area contributed by atoms with Gasteiger partial charge in [0.15, 0.2) is 0 Å². The topological polar surface area (TPSA) is 54.0 Å².